The normalized spacial score (nSPS) is 12.4. The summed E-state index contributed by atoms with van der Waals surface area (Å²) in [7, 11) is -4.29. The molecule has 0 aliphatic heterocycles. The number of nitrogens with zero attached hydrogens (tertiary/aromatic N) is 1. The van der Waals surface area contributed by atoms with Crippen LogP contribution in [0.1, 0.15) is 63.1 Å². The highest BCUT2D eigenvalue weighted by Gasteiger charge is 2.24. The van der Waals surface area contributed by atoms with Crippen LogP contribution in [0.5, 0.6) is 0 Å². The topological polar surface area (TPSA) is 108 Å². The molecule has 0 spiro atoms. The minimum absolute atomic E-state index is 0.0656. The first kappa shape index (κ1) is 25.2. The van der Waals surface area contributed by atoms with Crippen LogP contribution < -0.4 is 10.0 Å². The summed E-state index contributed by atoms with van der Waals surface area (Å²) in [5, 5.41) is 14.6. The average Bonchev–Trinajstić information content (AvgIpc) is 2.67. The summed E-state index contributed by atoms with van der Waals surface area (Å²) in [6.07, 6.45) is 0. The molecule has 2 amide bonds. The SMILES string of the molecule is C/C(=N\O)c1ccc(Cl)c(S(=O)(=O)NC(=O)Nc2c(C(C)C)cc(Br)cc2C(C)C)c1. The number of amides is 2. The summed E-state index contributed by atoms with van der Waals surface area (Å²) in [6.45, 7) is 9.46. The number of halogens is 2. The van der Waals surface area contributed by atoms with Crippen molar-refractivity contribution in [2.24, 2.45) is 5.16 Å². The number of benzene rings is 2. The van der Waals surface area contributed by atoms with Crippen LogP contribution in [0.25, 0.3) is 0 Å². The molecule has 2 rings (SSSR count). The number of carbonyl (C=O) groups excluding carboxylic acids is 1. The predicted molar refractivity (Wildman–Crippen MR) is 127 cm³/mol. The summed E-state index contributed by atoms with van der Waals surface area (Å²) < 4.78 is 28.6. The van der Waals surface area contributed by atoms with Gasteiger partial charge in [0.1, 0.15) is 4.90 Å². The molecule has 10 heteroatoms. The van der Waals surface area contributed by atoms with Crippen molar-refractivity contribution < 1.29 is 18.4 Å². The van der Waals surface area contributed by atoms with E-state index >= 15 is 0 Å². The van der Waals surface area contributed by atoms with Gasteiger partial charge in [-0.15, -0.1) is 0 Å². The van der Waals surface area contributed by atoms with E-state index in [0.29, 0.717) is 11.3 Å². The fourth-order valence-electron chi connectivity index (χ4n) is 3.01. The van der Waals surface area contributed by atoms with E-state index in [9.17, 15) is 13.2 Å². The zero-order valence-corrected chi connectivity index (χ0v) is 21.0. The molecule has 0 bridgehead atoms. The summed E-state index contributed by atoms with van der Waals surface area (Å²) in [4.78, 5) is 12.4. The molecule has 7 nitrogen and oxygen atoms in total. The number of rotatable bonds is 6. The quantitative estimate of drug-likeness (QED) is 0.240. The zero-order chi connectivity index (χ0) is 23.5. The Morgan fingerprint density at radius 1 is 1.10 bits per heavy atom. The van der Waals surface area contributed by atoms with Crippen molar-refractivity contribution in [1.29, 1.82) is 0 Å². The molecule has 0 unspecified atom stereocenters. The Hall–Kier alpha value is -2.10. The van der Waals surface area contributed by atoms with Gasteiger partial charge in [0.2, 0.25) is 0 Å². The standard InChI is InChI=1S/C21H25BrClN3O4S/c1-11(2)16-9-15(22)10-17(12(3)4)20(16)24-21(27)26-31(29,30)19-8-14(13(5)25-28)6-7-18(19)23/h6-12,28H,1-5H3,(H2,24,26,27)/b25-13+. The van der Waals surface area contributed by atoms with Gasteiger partial charge in [-0.2, -0.15) is 0 Å². The van der Waals surface area contributed by atoms with E-state index in [4.69, 9.17) is 16.8 Å². The van der Waals surface area contributed by atoms with Gasteiger partial charge in [0.25, 0.3) is 10.0 Å². The van der Waals surface area contributed by atoms with Gasteiger partial charge in [0.05, 0.1) is 10.7 Å². The number of nitrogens with one attached hydrogen (secondary N) is 2. The zero-order valence-electron chi connectivity index (χ0n) is 17.8. The van der Waals surface area contributed by atoms with Crippen LogP contribution in [0.4, 0.5) is 10.5 Å². The highest BCUT2D eigenvalue weighted by molar-refractivity contribution is 9.10. The van der Waals surface area contributed by atoms with E-state index in [2.05, 4.69) is 26.4 Å². The average molecular weight is 531 g/mol. The van der Waals surface area contributed by atoms with Crippen LogP contribution in [-0.2, 0) is 10.0 Å². The lowest BCUT2D eigenvalue weighted by molar-refractivity contribution is 0.256. The third kappa shape index (κ3) is 5.99. The van der Waals surface area contributed by atoms with Crippen molar-refractivity contribution in [3.8, 4) is 0 Å². The molecule has 0 heterocycles. The number of anilines is 1. The van der Waals surface area contributed by atoms with Crippen molar-refractivity contribution in [3.05, 3.63) is 56.5 Å². The number of hydrogen-bond acceptors (Lipinski definition) is 5. The van der Waals surface area contributed by atoms with E-state index in [0.717, 1.165) is 15.6 Å². The summed E-state index contributed by atoms with van der Waals surface area (Å²) >= 11 is 9.56. The van der Waals surface area contributed by atoms with Crippen LogP contribution in [-0.4, -0.2) is 25.4 Å². The number of oxime groups is 1. The monoisotopic (exact) mass is 529 g/mol. The fourth-order valence-corrected chi connectivity index (χ4v) is 4.94. The number of sulfonamides is 1. The second-order valence-electron chi connectivity index (χ2n) is 7.66. The molecule has 0 aromatic heterocycles. The third-order valence-corrected chi connectivity index (χ3v) is 6.93. The van der Waals surface area contributed by atoms with Crippen LogP contribution in [0, 0.1) is 0 Å². The van der Waals surface area contributed by atoms with Crippen LogP contribution in [0.2, 0.25) is 5.02 Å². The lowest BCUT2D eigenvalue weighted by Gasteiger charge is -2.21. The molecule has 2 aromatic carbocycles. The third-order valence-electron chi connectivity index (χ3n) is 4.66. The van der Waals surface area contributed by atoms with Gasteiger partial charge in [-0.3, -0.25) is 0 Å². The van der Waals surface area contributed by atoms with Gasteiger partial charge in [0.15, 0.2) is 0 Å². The van der Waals surface area contributed by atoms with Crippen molar-refractivity contribution >= 4 is 55.0 Å². The van der Waals surface area contributed by atoms with Crippen molar-refractivity contribution in [1.82, 2.24) is 4.72 Å². The molecule has 2 aromatic rings. The van der Waals surface area contributed by atoms with E-state index in [-0.39, 0.29) is 27.5 Å². The lowest BCUT2D eigenvalue weighted by atomic mass is 9.93. The minimum Gasteiger partial charge on any atom is -0.411 e. The molecule has 0 atom stereocenters. The molecular weight excluding hydrogens is 506 g/mol. The largest absolute Gasteiger partial charge is 0.411 e. The second-order valence-corrected chi connectivity index (χ2v) is 10.6. The molecule has 0 radical (unpaired) electrons. The lowest BCUT2D eigenvalue weighted by Crippen LogP contribution is -2.35. The van der Waals surface area contributed by atoms with Crippen LogP contribution in [0.15, 0.2) is 44.9 Å². The highest BCUT2D eigenvalue weighted by atomic mass is 79.9. The first-order valence-corrected chi connectivity index (χ1v) is 12.2. The van der Waals surface area contributed by atoms with E-state index in [1.165, 1.54) is 25.1 Å². The smallest absolute Gasteiger partial charge is 0.333 e. The molecule has 0 fully saturated rings. The van der Waals surface area contributed by atoms with Gasteiger partial charge in [-0.05, 0) is 54.2 Å². The van der Waals surface area contributed by atoms with Crippen LogP contribution >= 0.6 is 27.5 Å². The van der Waals surface area contributed by atoms with Crippen LogP contribution in [0.3, 0.4) is 0 Å². The minimum atomic E-state index is -4.29. The van der Waals surface area contributed by atoms with Gasteiger partial charge >= 0.3 is 6.03 Å². The maximum Gasteiger partial charge on any atom is 0.333 e. The molecule has 0 saturated carbocycles. The highest BCUT2D eigenvalue weighted by Crippen LogP contribution is 2.35. The maximum atomic E-state index is 12.8. The van der Waals surface area contributed by atoms with Gasteiger partial charge in [-0.1, -0.05) is 66.4 Å². The Bertz CT molecular complexity index is 1100. The first-order valence-electron chi connectivity index (χ1n) is 9.53. The summed E-state index contributed by atoms with van der Waals surface area (Å²) in [5.74, 6) is 0.183. The number of carbonyl (C=O) groups is 1. The van der Waals surface area contributed by atoms with Gasteiger partial charge < -0.3 is 10.5 Å². The Kier molecular flexibility index (Phi) is 8.13. The Labute approximate surface area is 196 Å². The molecule has 0 aliphatic carbocycles. The number of hydrogen-bond donors (Lipinski definition) is 3. The fraction of sp³-hybridized carbons (Fsp3) is 0.333. The van der Waals surface area contributed by atoms with Crippen molar-refractivity contribution in [3.63, 3.8) is 0 Å². The Balaban J connectivity index is 2.41. The number of urea groups is 1. The molecule has 168 valence electrons. The van der Waals surface area contributed by atoms with Crippen molar-refractivity contribution in [2.45, 2.75) is 51.3 Å². The van der Waals surface area contributed by atoms with Crippen molar-refractivity contribution in [2.75, 3.05) is 5.32 Å². The van der Waals surface area contributed by atoms with E-state index in [1.54, 1.807) is 0 Å². The molecule has 0 aliphatic rings. The first-order chi connectivity index (χ1) is 14.4. The Morgan fingerprint density at radius 3 is 2.13 bits per heavy atom. The molecule has 0 saturated heterocycles. The van der Waals surface area contributed by atoms with Gasteiger partial charge in [-0.25, -0.2) is 17.9 Å². The second kappa shape index (κ2) is 10.0. The van der Waals surface area contributed by atoms with Gasteiger partial charge in [0, 0.05) is 15.7 Å². The summed E-state index contributed by atoms with van der Waals surface area (Å²) in [6, 6.07) is 7.02. The molecular formula is C21H25BrClN3O4S. The molecule has 31 heavy (non-hydrogen) atoms. The van der Waals surface area contributed by atoms with E-state index < -0.39 is 16.1 Å². The molecule has 3 N–H and O–H groups in total. The van der Waals surface area contributed by atoms with E-state index in [1.807, 2.05) is 44.5 Å². The predicted octanol–water partition coefficient (Wildman–Crippen LogP) is 6.06. The summed E-state index contributed by atoms with van der Waals surface area (Å²) in [5.41, 5.74) is 2.88. The maximum absolute atomic E-state index is 12.8. The Morgan fingerprint density at radius 2 is 1.65 bits per heavy atom.